The third-order valence-corrected chi connectivity index (χ3v) is 7.16. The molecule has 1 aromatic carbocycles. The van der Waals surface area contributed by atoms with E-state index in [-0.39, 0.29) is 25.2 Å². The van der Waals surface area contributed by atoms with Gasteiger partial charge in [-0.1, -0.05) is 97.3 Å². The molecule has 0 aliphatic carbocycles. The quantitative estimate of drug-likeness (QED) is 0.0668. The molecule has 0 saturated carbocycles. The first-order valence-corrected chi connectivity index (χ1v) is 17.1. The molecule has 43 heavy (non-hydrogen) atoms. The summed E-state index contributed by atoms with van der Waals surface area (Å²) in [6.45, 7) is 8.19. The lowest BCUT2D eigenvalue weighted by Crippen LogP contribution is -2.15. The fourth-order valence-electron chi connectivity index (χ4n) is 4.53. The zero-order valence-electron chi connectivity index (χ0n) is 27.3. The number of nitrogens with one attached hydrogen (secondary N) is 1. The maximum Gasteiger partial charge on any atom is 0.338 e. The number of carbonyl (C=O) groups excluding carboxylic acids is 2. The molecule has 0 bridgehead atoms. The smallest absolute Gasteiger partial charge is 0.338 e. The maximum atomic E-state index is 12.1. The van der Waals surface area contributed by atoms with Gasteiger partial charge >= 0.3 is 11.9 Å². The molecular weight excluding hydrogens is 546 g/mol. The average Bonchev–Trinajstić information content (AvgIpc) is 3.02. The number of benzene rings is 1. The molecular formula is C35H61NO7. The summed E-state index contributed by atoms with van der Waals surface area (Å²) in [6, 6.07) is 7.30. The number of hydrogen-bond donors (Lipinski definition) is 1. The first-order chi connectivity index (χ1) is 21.2. The van der Waals surface area contributed by atoms with Crippen molar-refractivity contribution in [2.75, 3.05) is 64.7 Å². The number of esters is 2. The highest BCUT2D eigenvalue weighted by molar-refractivity contribution is 5.89. The Balaban J connectivity index is 1.79. The Morgan fingerprint density at radius 1 is 0.535 bits per heavy atom. The van der Waals surface area contributed by atoms with Crippen LogP contribution in [-0.2, 0) is 28.5 Å². The SMILES string of the molecule is CCCCCCCCCCCCCCCC(=O)OCCOCCOCCOCCOC(=O)c1ccc(NCCCC)cc1. The highest BCUT2D eigenvalue weighted by atomic mass is 16.6. The molecule has 0 aliphatic heterocycles. The summed E-state index contributed by atoms with van der Waals surface area (Å²) >= 11 is 0. The van der Waals surface area contributed by atoms with Crippen molar-refractivity contribution < 1.29 is 33.3 Å². The second kappa shape index (κ2) is 29.9. The monoisotopic (exact) mass is 607 g/mol. The molecule has 0 aliphatic rings. The van der Waals surface area contributed by atoms with Gasteiger partial charge in [-0.05, 0) is 37.1 Å². The molecule has 248 valence electrons. The van der Waals surface area contributed by atoms with Crippen molar-refractivity contribution in [3.05, 3.63) is 29.8 Å². The molecule has 1 aromatic rings. The molecule has 0 amide bonds. The number of unbranched alkanes of at least 4 members (excludes halogenated alkanes) is 13. The molecule has 1 N–H and O–H groups in total. The van der Waals surface area contributed by atoms with Gasteiger partial charge in [0.15, 0.2) is 0 Å². The van der Waals surface area contributed by atoms with Crippen LogP contribution in [0, 0.1) is 0 Å². The number of anilines is 1. The summed E-state index contributed by atoms with van der Waals surface area (Å²) in [5.41, 5.74) is 1.52. The second-order valence-electron chi connectivity index (χ2n) is 11.0. The van der Waals surface area contributed by atoms with E-state index in [1.165, 1.54) is 70.6 Å². The highest BCUT2D eigenvalue weighted by Gasteiger charge is 2.07. The largest absolute Gasteiger partial charge is 0.463 e. The van der Waals surface area contributed by atoms with Crippen molar-refractivity contribution in [1.29, 1.82) is 0 Å². The molecule has 8 heteroatoms. The van der Waals surface area contributed by atoms with E-state index in [1.807, 2.05) is 12.1 Å². The van der Waals surface area contributed by atoms with Crippen molar-refractivity contribution >= 4 is 17.6 Å². The van der Waals surface area contributed by atoms with E-state index in [1.54, 1.807) is 12.1 Å². The molecule has 0 radical (unpaired) electrons. The lowest BCUT2D eigenvalue weighted by molar-refractivity contribution is -0.145. The first-order valence-electron chi connectivity index (χ1n) is 17.1. The van der Waals surface area contributed by atoms with Gasteiger partial charge in [0.05, 0.1) is 45.2 Å². The fraction of sp³-hybridized carbons (Fsp3) is 0.771. The third kappa shape index (κ3) is 24.9. The van der Waals surface area contributed by atoms with Crippen molar-refractivity contribution in [3.63, 3.8) is 0 Å². The van der Waals surface area contributed by atoms with Gasteiger partial charge in [-0.2, -0.15) is 0 Å². The highest BCUT2D eigenvalue weighted by Crippen LogP contribution is 2.13. The molecule has 0 saturated heterocycles. The minimum atomic E-state index is -0.359. The van der Waals surface area contributed by atoms with Crippen LogP contribution >= 0.6 is 0 Å². The summed E-state index contributed by atoms with van der Waals surface area (Å²) in [5, 5.41) is 3.32. The van der Waals surface area contributed by atoms with E-state index < -0.39 is 0 Å². The Morgan fingerprint density at radius 2 is 0.977 bits per heavy atom. The van der Waals surface area contributed by atoms with Crippen molar-refractivity contribution in [2.45, 2.75) is 117 Å². The zero-order valence-corrected chi connectivity index (χ0v) is 27.3. The van der Waals surface area contributed by atoms with Crippen molar-refractivity contribution in [1.82, 2.24) is 0 Å². The molecule has 0 fully saturated rings. The lowest BCUT2D eigenvalue weighted by Gasteiger charge is -2.09. The standard InChI is InChI=1S/C35H61NO7/c1-3-5-7-8-9-10-11-12-13-14-15-16-17-18-34(37)42-30-28-40-26-24-39-25-27-41-29-31-43-35(38)32-19-21-33(22-20-32)36-23-6-4-2/h19-22,36H,3-18,23-31H2,1-2H3. The van der Waals surface area contributed by atoms with E-state index in [4.69, 9.17) is 23.7 Å². The van der Waals surface area contributed by atoms with E-state index >= 15 is 0 Å². The fourth-order valence-corrected chi connectivity index (χ4v) is 4.53. The lowest BCUT2D eigenvalue weighted by atomic mass is 10.0. The second-order valence-corrected chi connectivity index (χ2v) is 11.0. The van der Waals surface area contributed by atoms with E-state index in [0.29, 0.717) is 51.6 Å². The normalized spacial score (nSPS) is 11.0. The summed E-state index contributed by atoms with van der Waals surface area (Å²) in [4.78, 5) is 24.0. The topological polar surface area (TPSA) is 92.3 Å². The van der Waals surface area contributed by atoms with Crippen LogP contribution in [0.1, 0.15) is 127 Å². The number of carbonyl (C=O) groups is 2. The maximum absolute atomic E-state index is 12.1. The minimum Gasteiger partial charge on any atom is -0.463 e. The summed E-state index contributed by atoms with van der Waals surface area (Å²) in [7, 11) is 0. The summed E-state index contributed by atoms with van der Waals surface area (Å²) in [5.74, 6) is -0.499. The molecule has 0 unspecified atom stereocenters. The first kappa shape index (κ1) is 38.9. The molecule has 0 heterocycles. The van der Waals surface area contributed by atoms with Gasteiger partial charge in [0.25, 0.3) is 0 Å². The van der Waals surface area contributed by atoms with Crippen LogP contribution in [0.4, 0.5) is 5.69 Å². The molecule has 0 spiro atoms. The third-order valence-electron chi connectivity index (χ3n) is 7.16. The van der Waals surface area contributed by atoms with E-state index in [2.05, 4.69) is 19.2 Å². The van der Waals surface area contributed by atoms with E-state index in [0.717, 1.165) is 37.9 Å². The van der Waals surface area contributed by atoms with Crippen LogP contribution < -0.4 is 5.32 Å². The minimum absolute atomic E-state index is 0.140. The average molecular weight is 608 g/mol. The summed E-state index contributed by atoms with van der Waals surface area (Å²) < 4.78 is 26.8. The van der Waals surface area contributed by atoms with E-state index in [9.17, 15) is 9.59 Å². The molecule has 8 nitrogen and oxygen atoms in total. The van der Waals surface area contributed by atoms with Gasteiger partial charge in [0.1, 0.15) is 13.2 Å². The van der Waals surface area contributed by atoms with Crippen LogP contribution in [-0.4, -0.2) is 71.3 Å². The number of rotatable bonds is 31. The van der Waals surface area contributed by atoms with Gasteiger partial charge in [0.2, 0.25) is 0 Å². The van der Waals surface area contributed by atoms with Crippen LogP contribution in [0.15, 0.2) is 24.3 Å². The molecule has 1 rings (SSSR count). The number of ether oxygens (including phenoxy) is 5. The van der Waals surface area contributed by atoms with Gasteiger partial charge in [-0.25, -0.2) is 4.79 Å². The van der Waals surface area contributed by atoms with Gasteiger partial charge in [-0.15, -0.1) is 0 Å². The predicted molar refractivity (Wildman–Crippen MR) is 174 cm³/mol. The molecule has 0 aromatic heterocycles. The Bertz CT molecular complexity index is 772. The molecule has 0 atom stereocenters. The van der Waals surface area contributed by atoms with Crippen LogP contribution in [0.25, 0.3) is 0 Å². The Kier molecular flexibility index (Phi) is 27.0. The number of hydrogen-bond acceptors (Lipinski definition) is 8. The van der Waals surface area contributed by atoms with Gasteiger partial charge in [-0.3, -0.25) is 4.79 Å². The predicted octanol–water partition coefficient (Wildman–Crippen LogP) is 8.13. The van der Waals surface area contributed by atoms with Crippen molar-refractivity contribution in [3.8, 4) is 0 Å². The van der Waals surface area contributed by atoms with Crippen molar-refractivity contribution in [2.24, 2.45) is 0 Å². The zero-order chi connectivity index (χ0) is 31.1. The van der Waals surface area contributed by atoms with Gasteiger partial charge in [0, 0.05) is 18.7 Å². The van der Waals surface area contributed by atoms with Crippen LogP contribution in [0.5, 0.6) is 0 Å². The van der Waals surface area contributed by atoms with Crippen LogP contribution in [0.2, 0.25) is 0 Å². The Labute approximate surface area is 261 Å². The van der Waals surface area contributed by atoms with Crippen LogP contribution in [0.3, 0.4) is 0 Å². The van der Waals surface area contributed by atoms with Gasteiger partial charge < -0.3 is 29.0 Å². The summed E-state index contributed by atoms with van der Waals surface area (Å²) in [6.07, 6.45) is 19.5. The Hall–Kier alpha value is -2.16. The Morgan fingerprint density at radius 3 is 1.49 bits per heavy atom.